The Morgan fingerprint density at radius 2 is 1.74 bits per heavy atom. The van der Waals surface area contributed by atoms with Crippen molar-refractivity contribution in [2.75, 3.05) is 6.54 Å². The summed E-state index contributed by atoms with van der Waals surface area (Å²) in [7, 11) is 0. The van der Waals surface area contributed by atoms with Gasteiger partial charge in [0.2, 0.25) is 0 Å². The van der Waals surface area contributed by atoms with E-state index >= 15 is 0 Å². The Bertz CT molecular complexity index is 591. The number of nitrogens with zero attached hydrogens (tertiary/aromatic N) is 1. The Hall–Kier alpha value is -1.93. The first-order valence-electron chi connectivity index (χ1n) is 6.66. The zero-order valence-corrected chi connectivity index (χ0v) is 11.0. The maximum absolute atomic E-state index is 12.2. The highest BCUT2D eigenvalue weighted by atomic mass is 16.1. The lowest BCUT2D eigenvalue weighted by molar-refractivity contribution is 0.0851. The minimum absolute atomic E-state index is 0.227. The summed E-state index contributed by atoms with van der Waals surface area (Å²) in [6, 6.07) is 18.6. The van der Waals surface area contributed by atoms with Crippen molar-refractivity contribution >= 4 is 5.78 Å². The van der Waals surface area contributed by atoms with E-state index in [9.17, 15) is 4.79 Å². The quantitative estimate of drug-likeness (QED) is 0.814. The van der Waals surface area contributed by atoms with Gasteiger partial charge in [0, 0.05) is 18.2 Å². The number of hydrogen-bond acceptors (Lipinski definition) is 2. The summed E-state index contributed by atoms with van der Waals surface area (Å²) in [4.78, 5) is 14.4. The van der Waals surface area contributed by atoms with Crippen LogP contribution in [-0.2, 0) is 6.54 Å². The Kier molecular flexibility index (Phi) is 3.18. The SMILES string of the molecule is CC1c2ccccc2C(=O)CN1Cc1ccccc1. The third-order valence-corrected chi connectivity index (χ3v) is 3.83. The monoisotopic (exact) mass is 251 g/mol. The molecule has 2 aromatic rings. The van der Waals surface area contributed by atoms with Gasteiger partial charge in [0.1, 0.15) is 0 Å². The molecule has 19 heavy (non-hydrogen) atoms. The molecule has 0 aromatic heterocycles. The van der Waals surface area contributed by atoms with E-state index in [0.717, 1.165) is 17.7 Å². The van der Waals surface area contributed by atoms with Crippen molar-refractivity contribution in [1.29, 1.82) is 0 Å². The molecular formula is C17H17NO. The average molecular weight is 251 g/mol. The molecular weight excluding hydrogens is 234 g/mol. The van der Waals surface area contributed by atoms with Crippen molar-refractivity contribution < 1.29 is 4.79 Å². The van der Waals surface area contributed by atoms with Gasteiger partial charge in [0.15, 0.2) is 5.78 Å². The Labute approximate surface area is 113 Å². The van der Waals surface area contributed by atoms with Gasteiger partial charge < -0.3 is 0 Å². The third kappa shape index (κ3) is 2.32. The molecule has 3 rings (SSSR count). The van der Waals surface area contributed by atoms with E-state index in [4.69, 9.17) is 0 Å². The van der Waals surface area contributed by atoms with Crippen molar-refractivity contribution in [2.45, 2.75) is 19.5 Å². The Morgan fingerprint density at radius 1 is 1.05 bits per heavy atom. The van der Waals surface area contributed by atoms with Crippen LogP contribution in [0.4, 0.5) is 0 Å². The molecule has 2 nitrogen and oxygen atoms in total. The molecule has 0 amide bonds. The molecule has 0 saturated heterocycles. The van der Waals surface area contributed by atoms with Crippen molar-refractivity contribution in [3.63, 3.8) is 0 Å². The molecule has 1 unspecified atom stereocenters. The Morgan fingerprint density at radius 3 is 2.53 bits per heavy atom. The fraction of sp³-hybridized carbons (Fsp3) is 0.235. The van der Waals surface area contributed by atoms with E-state index in [0.29, 0.717) is 6.54 Å². The summed E-state index contributed by atoms with van der Waals surface area (Å²) in [5, 5.41) is 0. The van der Waals surface area contributed by atoms with E-state index < -0.39 is 0 Å². The topological polar surface area (TPSA) is 20.3 Å². The van der Waals surface area contributed by atoms with Crippen LogP contribution in [0.2, 0.25) is 0 Å². The molecule has 0 fully saturated rings. The predicted octanol–water partition coefficient (Wildman–Crippen LogP) is 3.45. The second kappa shape index (κ2) is 4.98. The van der Waals surface area contributed by atoms with Crippen LogP contribution in [0, 0.1) is 0 Å². The van der Waals surface area contributed by atoms with Gasteiger partial charge in [-0.15, -0.1) is 0 Å². The lowest BCUT2D eigenvalue weighted by atomic mass is 9.92. The first-order valence-corrected chi connectivity index (χ1v) is 6.66. The molecule has 1 heterocycles. The molecule has 1 aliphatic heterocycles. The maximum Gasteiger partial charge on any atom is 0.177 e. The number of carbonyl (C=O) groups is 1. The summed E-state index contributed by atoms with van der Waals surface area (Å²) < 4.78 is 0. The van der Waals surface area contributed by atoms with Crippen LogP contribution < -0.4 is 0 Å². The molecule has 0 aliphatic carbocycles. The fourth-order valence-corrected chi connectivity index (χ4v) is 2.73. The zero-order valence-electron chi connectivity index (χ0n) is 11.0. The van der Waals surface area contributed by atoms with E-state index in [1.54, 1.807) is 0 Å². The molecule has 0 saturated carbocycles. The van der Waals surface area contributed by atoms with Gasteiger partial charge in [-0.05, 0) is 18.1 Å². The van der Waals surface area contributed by atoms with Crippen LogP contribution in [-0.4, -0.2) is 17.2 Å². The summed E-state index contributed by atoms with van der Waals surface area (Å²) in [6.45, 7) is 3.50. The van der Waals surface area contributed by atoms with Crippen molar-refractivity contribution in [1.82, 2.24) is 4.90 Å². The molecule has 0 spiro atoms. The van der Waals surface area contributed by atoms with Crippen LogP contribution in [0.15, 0.2) is 54.6 Å². The molecule has 2 aromatic carbocycles. The average Bonchev–Trinajstić information content (AvgIpc) is 2.46. The van der Waals surface area contributed by atoms with Crippen LogP contribution in [0.1, 0.15) is 34.5 Å². The number of hydrogen-bond donors (Lipinski definition) is 0. The third-order valence-electron chi connectivity index (χ3n) is 3.83. The van der Waals surface area contributed by atoms with E-state index in [2.05, 4.69) is 30.0 Å². The van der Waals surface area contributed by atoms with Gasteiger partial charge in [0.25, 0.3) is 0 Å². The van der Waals surface area contributed by atoms with Gasteiger partial charge in [-0.1, -0.05) is 54.6 Å². The summed E-state index contributed by atoms with van der Waals surface area (Å²) in [5.74, 6) is 0.227. The normalized spacial score (nSPS) is 19.2. The number of rotatable bonds is 2. The molecule has 96 valence electrons. The molecule has 0 radical (unpaired) electrons. The highest BCUT2D eigenvalue weighted by Gasteiger charge is 2.28. The number of ketones is 1. The molecule has 0 N–H and O–H groups in total. The van der Waals surface area contributed by atoms with Crippen molar-refractivity contribution in [2.24, 2.45) is 0 Å². The predicted molar refractivity (Wildman–Crippen MR) is 76.0 cm³/mol. The number of benzene rings is 2. The molecule has 2 heteroatoms. The smallest absolute Gasteiger partial charge is 0.177 e. The highest BCUT2D eigenvalue weighted by Crippen LogP contribution is 2.30. The van der Waals surface area contributed by atoms with Crippen LogP contribution in [0.3, 0.4) is 0 Å². The molecule has 0 bridgehead atoms. The first kappa shape index (κ1) is 12.1. The summed E-state index contributed by atoms with van der Waals surface area (Å²) >= 11 is 0. The van der Waals surface area contributed by atoms with Gasteiger partial charge in [-0.3, -0.25) is 9.69 Å². The van der Waals surface area contributed by atoms with Crippen molar-refractivity contribution in [3.8, 4) is 0 Å². The summed E-state index contributed by atoms with van der Waals surface area (Å²) in [5.41, 5.74) is 3.29. The minimum Gasteiger partial charge on any atom is -0.293 e. The van der Waals surface area contributed by atoms with Gasteiger partial charge in [-0.2, -0.15) is 0 Å². The van der Waals surface area contributed by atoms with Gasteiger partial charge in [-0.25, -0.2) is 0 Å². The second-order valence-corrected chi connectivity index (χ2v) is 5.08. The molecule has 1 atom stereocenters. The largest absolute Gasteiger partial charge is 0.293 e. The lowest BCUT2D eigenvalue weighted by Crippen LogP contribution is -2.37. The number of Topliss-reactive ketones (excluding diaryl/α,β-unsaturated/α-hetero) is 1. The summed E-state index contributed by atoms with van der Waals surface area (Å²) in [6.07, 6.45) is 0. The fourth-order valence-electron chi connectivity index (χ4n) is 2.73. The minimum atomic E-state index is 0.227. The zero-order chi connectivity index (χ0) is 13.2. The highest BCUT2D eigenvalue weighted by molar-refractivity contribution is 6.00. The van der Waals surface area contributed by atoms with Crippen LogP contribution in [0.5, 0.6) is 0 Å². The van der Waals surface area contributed by atoms with Crippen LogP contribution >= 0.6 is 0 Å². The van der Waals surface area contributed by atoms with Crippen LogP contribution in [0.25, 0.3) is 0 Å². The maximum atomic E-state index is 12.2. The second-order valence-electron chi connectivity index (χ2n) is 5.08. The van der Waals surface area contributed by atoms with E-state index in [-0.39, 0.29) is 11.8 Å². The molecule has 1 aliphatic rings. The van der Waals surface area contributed by atoms with Gasteiger partial charge >= 0.3 is 0 Å². The lowest BCUT2D eigenvalue weighted by Gasteiger charge is -2.34. The van der Waals surface area contributed by atoms with Gasteiger partial charge in [0.05, 0.1) is 6.54 Å². The Balaban J connectivity index is 1.88. The first-order chi connectivity index (χ1) is 9.25. The standard InChI is InChI=1S/C17H17NO/c1-13-15-9-5-6-10-16(15)17(19)12-18(13)11-14-7-3-2-4-8-14/h2-10,13H,11-12H2,1H3. The van der Waals surface area contributed by atoms with Crippen molar-refractivity contribution in [3.05, 3.63) is 71.3 Å². The van der Waals surface area contributed by atoms with E-state index in [1.165, 1.54) is 5.56 Å². The van der Waals surface area contributed by atoms with E-state index in [1.807, 2.05) is 36.4 Å². The number of carbonyl (C=O) groups excluding carboxylic acids is 1. The number of fused-ring (bicyclic) bond motifs is 1.